The number of pyridine rings is 2. The van der Waals surface area contributed by atoms with Crippen molar-refractivity contribution in [3.05, 3.63) is 58.9 Å². The van der Waals surface area contributed by atoms with Gasteiger partial charge in [0.05, 0.1) is 11.6 Å². The summed E-state index contributed by atoms with van der Waals surface area (Å²) < 4.78 is 3.32. The number of carbonyl (C=O) groups excluding carboxylic acids is 1. The number of likely N-dealkylation sites (tertiary alicyclic amines) is 1. The van der Waals surface area contributed by atoms with E-state index in [4.69, 9.17) is 0 Å². The van der Waals surface area contributed by atoms with Crippen LogP contribution in [0.2, 0.25) is 0 Å². The molecule has 4 heterocycles. The molecule has 122 valence electrons. The second-order valence-corrected chi connectivity index (χ2v) is 5.99. The van der Waals surface area contributed by atoms with E-state index in [0.29, 0.717) is 24.3 Å². The summed E-state index contributed by atoms with van der Waals surface area (Å²) in [5.74, 6) is -0.0267. The lowest BCUT2D eigenvalue weighted by Crippen LogP contribution is -2.31. The molecule has 1 atom stereocenters. The van der Waals surface area contributed by atoms with Gasteiger partial charge in [0.1, 0.15) is 0 Å². The average Bonchev–Trinajstić information content (AvgIpc) is 3.19. The summed E-state index contributed by atoms with van der Waals surface area (Å²) in [6.07, 6.45) is 5.65. The van der Waals surface area contributed by atoms with Crippen molar-refractivity contribution in [2.45, 2.75) is 12.5 Å². The molecule has 4 rings (SSSR count). The largest absolute Gasteiger partial charge is 0.336 e. The van der Waals surface area contributed by atoms with E-state index < -0.39 is 0 Å². The van der Waals surface area contributed by atoms with E-state index in [2.05, 4.69) is 9.97 Å². The van der Waals surface area contributed by atoms with Crippen LogP contribution in [0.15, 0.2) is 47.7 Å². The number of aromatic nitrogens is 4. The molecule has 0 unspecified atom stereocenters. The predicted octanol–water partition coefficient (Wildman–Crippen LogP) is 1.22. The van der Waals surface area contributed by atoms with Crippen molar-refractivity contribution in [1.82, 2.24) is 24.0 Å². The second-order valence-electron chi connectivity index (χ2n) is 5.99. The van der Waals surface area contributed by atoms with Crippen LogP contribution in [0, 0.1) is 0 Å². The number of imidazole rings is 1. The standard InChI is InChI=1S/C17H17N5O2/c1-20-14-3-2-7-19-15(14)22(17(20)24)13-6-10-21(11-13)16(23)12-4-8-18-9-5-12/h2-5,7-9,13H,6,10-11H2,1H3/t13-/m0/s1. The van der Waals surface area contributed by atoms with Crippen molar-refractivity contribution in [1.29, 1.82) is 0 Å². The van der Waals surface area contributed by atoms with Crippen molar-refractivity contribution in [3.8, 4) is 0 Å². The minimum absolute atomic E-state index is 0.0267. The first-order valence-corrected chi connectivity index (χ1v) is 7.88. The summed E-state index contributed by atoms with van der Waals surface area (Å²) >= 11 is 0. The Labute approximate surface area is 138 Å². The molecule has 1 amide bonds. The normalized spacial score (nSPS) is 17.5. The Hall–Kier alpha value is -2.96. The Morgan fingerprint density at radius 1 is 1.21 bits per heavy atom. The fraction of sp³-hybridized carbons (Fsp3) is 0.294. The third-order valence-electron chi connectivity index (χ3n) is 4.59. The summed E-state index contributed by atoms with van der Waals surface area (Å²) in [5.41, 5.74) is 2.01. The van der Waals surface area contributed by atoms with Gasteiger partial charge in [0.15, 0.2) is 5.65 Å². The maximum Gasteiger partial charge on any atom is 0.330 e. The van der Waals surface area contributed by atoms with Gasteiger partial charge in [0.2, 0.25) is 0 Å². The zero-order chi connectivity index (χ0) is 16.7. The topological polar surface area (TPSA) is 73.0 Å². The van der Waals surface area contributed by atoms with Crippen LogP contribution in [0.5, 0.6) is 0 Å². The third-order valence-corrected chi connectivity index (χ3v) is 4.59. The monoisotopic (exact) mass is 323 g/mol. The van der Waals surface area contributed by atoms with Crippen molar-refractivity contribution in [2.24, 2.45) is 7.05 Å². The van der Waals surface area contributed by atoms with E-state index in [1.165, 1.54) is 0 Å². The van der Waals surface area contributed by atoms with Gasteiger partial charge in [-0.3, -0.25) is 18.9 Å². The van der Waals surface area contributed by atoms with Crippen LogP contribution in [0.25, 0.3) is 11.2 Å². The van der Waals surface area contributed by atoms with Crippen LogP contribution < -0.4 is 5.69 Å². The van der Waals surface area contributed by atoms with Gasteiger partial charge < -0.3 is 4.90 Å². The van der Waals surface area contributed by atoms with E-state index in [9.17, 15) is 9.59 Å². The molecule has 7 nitrogen and oxygen atoms in total. The molecule has 3 aromatic heterocycles. The fourth-order valence-electron chi connectivity index (χ4n) is 3.33. The minimum Gasteiger partial charge on any atom is -0.336 e. The van der Waals surface area contributed by atoms with Crippen molar-refractivity contribution in [3.63, 3.8) is 0 Å². The summed E-state index contributed by atoms with van der Waals surface area (Å²) in [7, 11) is 1.75. The predicted molar refractivity (Wildman–Crippen MR) is 88.8 cm³/mol. The van der Waals surface area contributed by atoms with Gasteiger partial charge >= 0.3 is 5.69 Å². The van der Waals surface area contributed by atoms with Crippen molar-refractivity contribution >= 4 is 17.1 Å². The van der Waals surface area contributed by atoms with Crippen LogP contribution in [-0.4, -0.2) is 43.0 Å². The zero-order valence-electron chi connectivity index (χ0n) is 13.3. The molecule has 24 heavy (non-hydrogen) atoms. The Bertz CT molecular complexity index is 960. The molecule has 1 aliphatic heterocycles. The van der Waals surface area contributed by atoms with Gasteiger partial charge in [-0.1, -0.05) is 0 Å². The molecule has 3 aromatic rings. The van der Waals surface area contributed by atoms with Crippen LogP contribution in [0.4, 0.5) is 0 Å². The summed E-state index contributed by atoms with van der Waals surface area (Å²) in [5, 5.41) is 0. The number of hydrogen-bond acceptors (Lipinski definition) is 4. The van der Waals surface area contributed by atoms with Crippen LogP contribution in [0.3, 0.4) is 0 Å². The number of hydrogen-bond donors (Lipinski definition) is 0. The Balaban J connectivity index is 1.66. The lowest BCUT2D eigenvalue weighted by molar-refractivity contribution is 0.0787. The lowest BCUT2D eigenvalue weighted by atomic mass is 10.2. The smallest absolute Gasteiger partial charge is 0.330 e. The first kappa shape index (κ1) is 14.6. The third kappa shape index (κ3) is 2.20. The van der Waals surface area contributed by atoms with Gasteiger partial charge in [-0.25, -0.2) is 9.78 Å². The summed E-state index contributed by atoms with van der Waals surface area (Å²) in [6, 6.07) is 7.07. The zero-order valence-corrected chi connectivity index (χ0v) is 13.3. The van der Waals surface area contributed by atoms with E-state index in [-0.39, 0.29) is 17.6 Å². The van der Waals surface area contributed by atoms with Crippen LogP contribution in [-0.2, 0) is 7.05 Å². The molecule has 0 aromatic carbocycles. The molecule has 0 spiro atoms. The molecular formula is C17H17N5O2. The highest BCUT2D eigenvalue weighted by atomic mass is 16.2. The van der Waals surface area contributed by atoms with Gasteiger partial charge in [0.25, 0.3) is 5.91 Å². The molecule has 0 N–H and O–H groups in total. The molecule has 0 aliphatic carbocycles. The highest BCUT2D eigenvalue weighted by Gasteiger charge is 2.30. The Morgan fingerprint density at radius 2 is 2.00 bits per heavy atom. The highest BCUT2D eigenvalue weighted by molar-refractivity contribution is 5.94. The van der Waals surface area contributed by atoms with Gasteiger partial charge in [0, 0.05) is 44.3 Å². The molecule has 1 aliphatic rings. The SMILES string of the molecule is Cn1c(=O)n([C@H]2CCN(C(=O)c3ccncc3)C2)c2ncccc21. The fourth-order valence-corrected chi connectivity index (χ4v) is 3.33. The number of nitrogens with zero attached hydrogens (tertiary/aromatic N) is 5. The number of amides is 1. The summed E-state index contributed by atoms with van der Waals surface area (Å²) in [6.45, 7) is 1.14. The minimum atomic E-state index is -0.0908. The Kier molecular flexibility index (Phi) is 3.41. The Morgan fingerprint density at radius 3 is 2.79 bits per heavy atom. The maximum atomic E-state index is 12.6. The first-order chi connectivity index (χ1) is 11.7. The maximum absolute atomic E-state index is 12.6. The van der Waals surface area contributed by atoms with E-state index in [1.54, 1.807) is 51.8 Å². The lowest BCUT2D eigenvalue weighted by Gasteiger charge is -2.17. The van der Waals surface area contributed by atoms with E-state index in [0.717, 1.165) is 11.9 Å². The van der Waals surface area contributed by atoms with Gasteiger partial charge in [-0.15, -0.1) is 0 Å². The molecule has 1 saturated heterocycles. The van der Waals surface area contributed by atoms with Gasteiger partial charge in [-0.2, -0.15) is 0 Å². The molecule has 1 fully saturated rings. The molecule has 0 saturated carbocycles. The van der Waals surface area contributed by atoms with Crippen LogP contribution in [0.1, 0.15) is 22.8 Å². The molecule has 0 bridgehead atoms. The molecule has 0 radical (unpaired) electrons. The van der Waals surface area contributed by atoms with E-state index >= 15 is 0 Å². The molecular weight excluding hydrogens is 306 g/mol. The van der Waals surface area contributed by atoms with Gasteiger partial charge in [-0.05, 0) is 30.7 Å². The van der Waals surface area contributed by atoms with Crippen molar-refractivity contribution < 1.29 is 4.79 Å². The summed E-state index contributed by atoms with van der Waals surface area (Å²) in [4.78, 5) is 35.3. The van der Waals surface area contributed by atoms with Crippen molar-refractivity contribution in [2.75, 3.05) is 13.1 Å². The quantitative estimate of drug-likeness (QED) is 0.711. The van der Waals surface area contributed by atoms with Crippen LogP contribution >= 0.6 is 0 Å². The second kappa shape index (κ2) is 5.59. The number of fused-ring (bicyclic) bond motifs is 1. The highest BCUT2D eigenvalue weighted by Crippen LogP contribution is 2.25. The molecule has 7 heteroatoms. The number of rotatable bonds is 2. The average molecular weight is 323 g/mol. The number of aryl methyl sites for hydroxylation is 1. The number of carbonyl (C=O) groups is 1. The van der Waals surface area contributed by atoms with E-state index in [1.807, 2.05) is 12.1 Å². The first-order valence-electron chi connectivity index (χ1n) is 7.88.